The second-order valence-electron chi connectivity index (χ2n) is 4.40. The monoisotopic (exact) mass is 284 g/mol. The lowest BCUT2D eigenvalue weighted by atomic mass is 10.4. The lowest BCUT2D eigenvalue weighted by Gasteiger charge is -2.14. The first-order chi connectivity index (χ1) is 8.90. The highest BCUT2D eigenvalue weighted by Crippen LogP contribution is 2.18. The van der Waals surface area contributed by atoms with E-state index in [0.717, 1.165) is 0 Å². The summed E-state index contributed by atoms with van der Waals surface area (Å²) < 4.78 is 33.6. The molecule has 0 aliphatic carbocycles. The maximum atomic E-state index is 12.2. The molecular formula is C11H16N4O3S. The van der Waals surface area contributed by atoms with E-state index < -0.39 is 10.0 Å². The van der Waals surface area contributed by atoms with Crippen LogP contribution in [0.5, 0.6) is 0 Å². The molecule has 1 N–H and O–H groups in total. The summed E-state index contributed by atoms with van der Waals surface area (Å²) in [5, 5.41) is 7.69. The molecule has 0 bridgehead atoms. The number of aromatic nitrogens is 3. The molecule has 0 aliphatic heterocycles. The van der Waals surface area contributed by atoms with Crippen molar-refractivity contribution in [2.75, 3.05) is 0 Å². The quantitative estimate of drug-likeness (QED) is 0.879. The molecular weight excluding hydrogens is 268 g/mol. The molecule has 8 heteroatoms. The Hall–Kier alpha value is -1.67. The van der Waals surface area contributed by atoms with Crippen LogP contribution >= 0.6 is 0 Å². The van der Waals surface area contributed by atoms with Gasteiger partial charge in [0.1, 0.15) is 10.6 Å². The Balaban J connectivity index is 2.13. The van der Waals surface area contributed by atoms with Crippen molar-refractivity contribution >= 4 is 10.0 Å². The molecule has 7 nitrogen and oxygen atoms in total. The molecule has 19 heavy (non-hydrogen) atoms. The van der Waals surface area contributed by atoms with Crippen molar-refractivity contribution in [2.45, 2.75) is 38.3 Å². The Kier molecular flexibility index (Phi) is 3.72. The maximum Gasteiger partial charge on any atom is 0.246 e. The van der Waals surface area contributed by atoms with Gasteiger partial charge >= 0.3 is 0 Å². The summed E-state index contributed by atoms with van der Waals surface area (Å²) in [4.78, 5) is 0.111. The number of hydrogen-bond donors (Lipinski definition) is 1. The highest BCUT2D eigenvalue weighted by molar-refractivity contribution is 7.89. The second kappa shape index (κ2) is 5.14. The molecule has 0 aliphatic rings. The molecule has 0 aromatic carbocycles. The summed E-state index contributed by atoms with van der Waals surface area (Å²) >= 11 is 0. The zero-order valence-electron chi connectivity index (χ0n) is 11.0. The van der Waals surface area contributed by atoms with Gasteiger partial charge in [-0.05, 0) is 26.8 Å². The van der Waals surface area contributed by atoms with E-state index >= 15 is 0 Å². The van der Waals surface area contributed by atoms with Gasteiger partial charge in [-0.25, -0.2) is 13.1 Å². The number of nitrogens with zero attached hydrogens (tertiary/aromatic N) is 3. The van der Waals surface area contributed by atoms with Gasteiger partial charge in [-0.15, -0.1) is 0 Å². The number of nitrogens with one attached hydrogen (secondary N) is 1. The van der Waals surface area contributed by atoms with Crippen LogP contribution < -0.4 is 4.72 Å². The van der Waals surface area contributed by atoms with Crippen LogP contribution in [-0.4, -0.2) is 29.4 Å². The van der Waals surface area contributed by atoms with Crippen LogP contribution in [0, 0.1) is 13.8 Å². The van der Waals surface area contributed by atoms with E-state index in [1.165, 1.54) is 0 Å². The van der Waals surface area contributed by atoms with Gasteiger partial charge in [0.05, 0.1) is 6.54 Å². The number of hydrogen-bond acceptors (Lipinski definition) is 5. The zero-order chi connectivity index (χ0) is 14.0. The van der Waals surface area contributed by atoms with Gasteiger partial charge in [0.25, 0.3) is 0 Å². The summed E-state index contributed by atoms with van der Waals surface area (Å²) in [7, 11) is -3.63. The van der Waals surface area contributed by atoms with Crippen LogP contribution in [0.4, 0.5) is 0 Å². The van der Waals surface area contributed by atoms with Crippen LogP contribution in [0.1, 0.15) is 18.4 Å². The van der Waals surface area contributed by atoms with Gasteiger partial charge in [0.15, 0.2) is 5.76 Å². The molecule has 0 amide bonds. The first kappa shape index (κ1) is 13.8. The fourth-order valence-corrected chi connectivity index (χ4v) is 3.47. The molecule has 2 aromatic rings. The minimum Gasteiger partial charge on any atom is -0.360 e. The lowest BCUT2D eigenvalue weighted by molar-refractivity contribution is 0.390. The molecule has 1 atom stereocenters. The van der Waals surface area contributed by atoms with E-state index in [9.17, 15) is 8.42 Å². The molecule has 0 unspecified atom stereocenters. The van der Waals surface area contributed by atoms with Crippen LogP contribution in [0.3, 0.4) is 0 Å². The van der Waals surface area contributed by atoms with Gasteiger partial charge in [-0.2, -0.15) is 5.10 Å². The van der Waals surface area contributed by atoms with E-state index in [1.807, 2.05) is 0 Å². The van der Waals surface area contributed by atoms with Gasteiger partial charge in [-0.3, -0.25) is 4.68 Å². The van der Waals surface area contributed by atoms with E-state index in [1.54, 1.807) is 43.9 Å². The SMILES string of the molecule is Cc1noc(C)c1S(=O)(=O)N[C@@H](C)Cn1cccn1. The third-order valence-corrected chi connectivity index (χ3v) is 4.45. The van der Waals surface area contributed by atoms with E-state index in [-0.39, 0.29) is 16.7 Å². The van der Waals surface area contributed by atoms with Crippen molar-refractivity contribution in [1.82, 2.24) is 19.7 Å². The van der Waals surface area contributed by atoms with Crippen molar-refractivity contribution < 1.29 is 12.9 Å². The van der Waals surface area contributed by atoms with Crippen LogP contribution in [0.15, 0.2) is 27.9 Å². The number of aryl methyl sites for hydroxylation is 2. The van der Waals surface area contributed by atoms with E-state index in [0.29, 0.717) is 12.2 Å². The van der Waals surface area contributed by atoms with Crippen molar-refractivity contribution in [3.05, 3.63) is 29.9 Å². The summed E-state index contributed by atoms with van der Waals surface area (Å²) in [5.41, 5.74) is 0.358. The van der Waals surface area contributed by atoms with Gasteiger partial charge in [0, 0.05) is 18.4 Å². The van der Waals surface area contributed by atoms with Crippen molar-refractivity contribution in [3.8, 4) is 0 Å². The molecule has 0 saturated carbocycles. The first-order valence-corrected chi connectivity index (χ1v) is 7.31. The summed E-state index contributed by atoms with van der Waals surface area (Å²) in [6, 6.07) is 1.49. The normalized spacial score (nSPS) is 13.6. The van der Waals surface area contributed by atoms with Crippen LogP contribution in [0.25, 0.3) is 0 Å². The van der Waals surface area contributed by atoms with Crippen LogP contribution in [0.2, 0.25) is 0 Å². The predicted molar refractivity (Wildman–Crippen MR) is 68.0 cm³/mol. The smallest absolute Gasteiger partial charge is 0.246 e. The molecule has 0 saturated heterocycles. The summed E-state index contributed by atoms with van der Waals surface area (Å²) in [6.45, 7) is 5.41. The molecule has 2 rings (SSSR count). The second-order valence-corrected chi connectivity index (χ2v) is 6.05. The predicted octanol–water partition coefficient (Wildman–Crippen LogP) is 0.855. The van der Waals surface area contributed by atoms with Crippen molar-refractivity contribution in [3.63, 3.8) is 0 Å². The Morgan fingerprint density at radius 3 is 2.74 bits per heavy atom. The summed E-state index contributed by atoms with van der Waals surface area (Å²) in [6.07, 6.45) is 3.43. The van der Waals surface area contributed by atoms with E-state index in [2.05, 4.69) is 15.0 Å². The fourth-order valence-electron chi connectivity index (χ4n) is 1.91. The molecule has 0 fully saturated rings. The minimum absolute atomic E-state index is 0.111. The lowest BCUT2D eigenvalue weighted by Crippen LogP contribution is -2.36. The van der Waals surface area contributed by atoms with Gasteiger partial charge < -0.3 is 4.52 Å². The highest BCUT2D eigenvalue weighted by Gasteiger charge is 2.25. The van der Waals surface area contributed by atoms with Crippen molar-refractivity contribution in [1.29, 1.82) is 0 Å². The van der Waals surface area contributed by atoms with Gasteiger partial charge in [-0.1, -0.05) is 5.16 Å². The standard InChI is InChI=1S/C11H16N4O3S/c1-8(7-15-6-4-5-12-15)14-19(16,17)11-9(2)13-18-10(11)3/h4-6,8,14H,7H2,1-3H3/t8-/m0/s1. The average molecular weight is 284 g/mol. The maximum absolute atomic E-state index is 12.2. The highest BCUT2D eigenvalue weighted by atomic mass is 32.2. The number of sulfonamides is 1. The van der Waals surface area contributed by atoms with Crippen LogP contribution in [-0.2, 0) is 16.6 Å². The fraction of sp³-hybridized carbons (Fsp3) is 0.455. The molecule has 2 aromatic heterocycles. The third-order valence-electron chi connectivity index (χ3n) is 2.61. The average Bonchev–Trinajstić information content (AvgIpc) is 2.88. The first-order valence-electron chi connectivity index (χ1n) is 5.83. The molecule has 0 radical (unpaired) electrons. The summed E-state index contributed by atoms with van der Waals surface area (Å²) in [5.74, 6) is 0.288. The Bertz CT molecular complexity index is 626. The Labute approximate surface area is 111 Å². The van der Waals surface area contributed by atoms with Gasteiger partial charge in [0.2, 0.25) is 10.0 Å². The third kappa shape index (κ3) is 3.02. The molecule has 2 heterocycles. The Morgan fingerprint density at radius 1 is 1.47 bits per heavy atom. The molecule has 104 valence electrons. The van der Waals surface area contributed by atoms with Crippen molar-refractivity contribution in [2.24, 2.45) is 0 Å². The Morgan fingerprint density at radius 2 is 2.21 bits per heavy atom. The largest absolute Gasteiger partial charge is 0.360 e. The molecule has 0 spiro atoms. The number of rotatable bonds is 5. The van der Waals surface area contributed by atoms with E-state index in [4.69, 9.17) is 4.52 Å². The topological polar surface area (TPSA) is 90.0 Å². The minimum atomic E-state index is -3.63. The zero-order valence-corrected chi connectivity index (χ0v) is 11.8.